The van der Waals surface area contributed by atoms with Crippen molar-refractivity contribution >= 4 is 11.9 Å². The molecule has 23 heavy (non-hydrogen) atoms. The zero-order valence-electron chi connectivity index (χ0n) is 15.6. The third-order valence-corrected chi connectivity index (χ3v) is 3.36. The molecule has 0 saturated heterocycles. The SMILES string of the molecule is CC.COC(=O)c1cccc(C(C)C(C)C(=O)OC(C)(C)C)c1. The molecule has 0 heterocycles. The van der Waals surface area contributed by atoms with Crippen LogP contribution in [0.1, 0.15) is 70.3 Å². The molecule has 2 atom stereocenters. The fourth-order valence-corrected chi connectivity index (χ4v) is 1.95. The lowest BCUT2D eigenvalue weighted by atomic mass is 9.88. The number of ether oxygens (including phenoxy) is 2. The van der Waals surface area contributed by atoms with Gasteiger partial charge in [-0.05, 0) is 44.4 Å². The second kappa shape index (κ2) is 9.33. The number of esters is 2. The molecule has 2 unspecified atom stereocenters. The molecule has 0 fully saturated rings. The van der Waals surface area contributed by atoms with Gasteiger partial charge in [0, 0.05) is 0 Å². The number of rotatable bonds is 4. The third kappa shape index (κ3) is 6.85. The molecular weight excluding hydrogens is 292 g/mol. The van der Waals surface area contributed by atoms with Crippen LogP contribution >= 0.6 is 0 Å². The summed E-state index contributed by atoms with van der Waals surface area (Å²) < 4.78 is 10.1. The summed E-state index contributed by atoms with van der Waals surface area (Å²) in [6.07, 6.45) is 0. The van der Waals surface area contributed by atoms with E-state index in [2.05, 4.69) is 0 Å². The van der Waals surface area contributed by atoms with Crippen LogP contribution in [-0.2, 0) is 14.3 Å². The zero-order chi connectivity index (χ0) is 18.2. The largest absolute Gasteiger partial charge is 0.465 e. The molecule has 0 bridgehead atoms. The lowest BCUT2D eigenvalue weighted by Gasteiger charge is -2.25. The molecule has 4 nitrogen and oxygen atoms in total. The van der Waals surface area contributed by atoms with Crippen LogP contribution in [0.25, 0.3) is 0 Å². The Morgan fingerprint density at radius 1 is 1.09 bits per heavy atom. The highest BCUT2D eigenvalue weighted by atomic mass is 16.6. The fraction of sp³-hybridized carbons (Fsp3) is 0.579. The molecular formula is C19H30O4. The average molecular weight is 322 g/mol. The van der Waals surface area contributed by atoms with E-state index in [1.165, 1.54) is 7.11 Å². The summed E-state index contributed by atoms with van der Waals surface area (Å²) in [5.74, 6) is -0.964. The highest BCUT2D eigenvalue weighted by molar-refractivity contribution is 5.89. The van der Waals surface area contributed by atoms with E-state index >= 15 is 0 Å². The summed E-state index contributed by atoms with van der Waals surface area (Å²) in [7, 11) is 1.35. The Bertz CT molecular complexity index is 514. The van der Waals surface area contributed by atoms with Crippen LogP contribution < -0.4 is 0 Å². The molecule has 0 saturated carbocycles. The molecule has 130 valence electrons. The van der Waals surface area contributed by atoms with E-state index in [1.54, 1.807) is 18.2 Å². The van der Waals surface area contributed by atoms with Gasteiger partial charge in [-0.1, -0.05) is 39.8 Å². The van der Waals surface area contributed by atoms with Gasteiger partial charge < -0.3 is 9.47 Å². The van der Waals surface area contributed by atoms with Crippen LogP contribution in [0.5, 0.6) is 0 Å². The predicted molar refractivity (Wildman–Crippen MR) is 92.6 cm³/mol. The summed E-state index contributed by atoms with van der Waals surface area (Å²) in [6.45, 7) is 13.3. The van der Waals surface area contributed by atoms with Crippen LogP contribution in [0.3, 0.4) is 0 Å². The van der Waals surface area contributed by atoms with Crippen LogP contribution in [-0.4, -0.2) is 24.6 Å². The molecule has 0 aromatic heterocycles. The number of methoxy groups -OCH3 is 1. The topological polar surface area (TPSA) is 52.6 Å². The second-order valence-electron chi connectivity index (χ2n) is 6.23. The number of carbonyl (C=O) groups excluding carboxylic acids is 2. The maximum atomic E-state index is 12.1. The van der Waals surface area contributed by atoms with Crippen molar-refractivity contribution in [2.24, 2.45) is 5.92 Å². The number of benzene rings is 1. The van der Waals surface area contributed by atoms with E-state index in [0.717, 1.165) is 5.56 Å². The maximum absolute atomic E-state index is 12.1. The number of hydrogen-bond acceptors (Lipinski definition) is 4. The van der Waals surface area contributed by atoms with Gasteiger partial charge in [0.1, 0.15) is 5.60 Å². The van der Waals surface area contributed by atoms with Crippen molar-refractivity contribution in [2.45, 2.75) is 60.0 Å². The van der Waals surface area contributed by atoms with E-state index < -0.39 is 5.60 Å². The van der Waals surface area contributed by atoms with Gasteiger partial charge in [0.05, 0.1) is 18.6 Å². The Morgan fingerprint density at radius 2 is 1.65 bits per heavy atom. The first-order chi connectivity index (χ1) is 10.7. The second-order valence-corrected chi connectivity index (χ2v) is 6.23. The highest BCUT2D eigenvalue weighted by Gasteiger charge is 2.27. The van der Waals surface area contributed by atoms with Gasteiger partial charge >= 0.3 is 11.9 Å². The first-order valence-electron chi connectivity index (χ1n) is 8.07. The summed E-state index contributed by atoms with van der Waals surface area (Å²) in [5.41, 5.74) is 0.897. The summed E-state index contributed by atoms with van der Waals surface area (Å²) >= 11 is 0. The molecule has 4 heteroatoms. The van der Waals surface area contributed by atoms with Crippen LogP contribution in [0.4, 0.5) is 0 Å². The minimum atomic E-state index is -0.501. The Balaban J connectivity index is 0.00000232. The Hall–Kier alpha value is -1.84. The third-order valence-electron chi connectivity index (χ3n) is 3.36. The van der Waals surface area contributed by atoms with Gasteiger partial charge in [-0.25, -0.2) is 4.79 Å². The fourth-order valence-electron chi connectivity index (χ4n) is 1.95. The van der Waals surface area contributed by atoms with Gasteiger partial charge in [0.2, 0.25) is 0 Å². The number of hydrogen-bond donors (Lipinski definition) is 0. The molecule has 0 N–H and O–H groups in total. The van der Waals surface area contributed by atoms with E-state index in [4.69, 9.17) is 9.47 Å². The molecule has 0 radical (unpaired) electrons. The molecule has 1 rings (SSSR count). The monoisotopic (exact) mass is 322 g/mol. The van der Waals surface area contributed by atoms with Gasteiger partial charge in [-0.3, -0.25) is 4.79 Å². The number of carbonyl (C=O) groups is 2. The maximum Gasteiger partial charge on any atom is 0.337 e. The van der Waals surface area contributed by atoms with Crippen LogP contribution in [0.15, 0.2) is 24.3 Å². The summed E-state index contributed by atoms with van der Waals surface area (Å²) in [5, 5.41) is 0. The Morgan fingerprint density at radius 3 is 2.13 bits per heavy atom. The normalized spacial score (nSPS) is 13.2. The van der Waals surface area contributed by atoms with Crippen molar-refractivity contribution in [1.82, 2.24) is 0 Å². The van der Waals surface area contributed by atoms with E-state index in [9.17, 15) is 9.59 Å². The standard InChI is InChI=1S/C17H24O4.C2H6/c1-11(12(2)15(18)21-17(3,4)5)13-8-7-9-14(10-13)16(19)20-6;1-2/h7-12H,1-6H3;1-2H3. The van der Waals surface area contributed by atoms with Crippen molar-refractivity contribution in [2.75, 3.05) is 7.11 Å². The van der Waals surface area contributed by atoms with Gasteiger partial charge in [-0.2, -0.15) is 0 Å². The first kappa shape index (κ1) is 21.2. The minimum Gasteiger partial charge on any atom is -0.465 e. The minimum absolute atomic E-state index is 0.0514. The molecule has 1 aromatic rings. The highest BCUT2D eigenvalue weighted by Crippen LogP contribution is 2.27. The average Bonchev–Trinajstić information content (AvgIpc) is 2.53. The zero-order valence-corrected chi connectivity index (χ0v) is 15.6. The molecule has 0 spiro atoms. The van der Waals surface area contributed by atoms with E-state index in [-0.39, 0.29) is 23.8 Å². The summed E-state index contributed by atoms with van der Waals surface area (Å²) in [4.78, 5) is 23.7. The van der Waals surface area contributed by atoms with Gasteiger partial charge in [0.25, 0.3) is 0 Å². The van der Waals surface area contributed by atoms with Crippen molar-refractivity contribution in [3.05, 3.63) is 35.4 Å². The lowest BCUT2D eigenvalue weighted by Crippen LogP contribution is -2.29. The Kier molecular flexibility index (Phi) is 8.59. The lowest BCUT2D eigenvalue weighted by molar-refractivity contribution is -0.160. The first-order valence-corrected chi connectivity index (χ1v) is 8.07. The van der Waals surface area contributed by atoms with E-state index in [0.29, 0.717) is 5.56 Å². The van der Waals surface area contributed by atoms with E-state index in [1.807, 2.05) is 54.5 Å². The van der Waals surface area contributed by atoms with Crippen LogP contribution in [0.2, 0.25) is 0 Å². The van der Waals surface area contributed by atoms with Crippen LogP contribution in [0, 0.1) is 5.92 Å². The molecule has 0 aliphatic heterocycles. The van der Waals surface area contributed by atoms with Gasteiger partial charge in [-0.15, -0.1) is 0 Å². The van der Waals surface area contributed by atoms with Crippen molar-refractivity contribution in [3.8, 4) is 0 Å². The van der Waals surface area contributed by atoms with Gasteiger partial charge in [0.15, 0.2) is 0 Å². The van der Waals surface area contributed by atoms with Crippen molar-refractivity contribution in [1.29, 1.82) is 0 Å². The quantitative estimate of drug-likeness (QED) is 0.761. The predicted octanol–water partition coefficient (Wildman–Crippen LogP) is 4.58. The summed E-state index contributed by atoms with van der Waals surface area (Å²) in [6, 6.07) is 7.15. The molecule has 0 aliphatic rings. The molecule has 0 amide bonds. The smallest absolute Gasteiger partial charge is 0.337 e. The Labute approximate surface area is 140 Å². The van der Waals surface area contributed by atoms with Crippen molar-refractivity contribution < 1.29 is 19.1 Å². The molecule has 1 aromatic carbocycles. The van der Waals surface area contributed by atoms with Crippen molar-refractivity contribution in [3.63, 3.8) is 0 Å². The molecule has 0 aliphatic carbocycles.